The fourth-order valence-corrected chi connectivity index (χ4v) is 5.93. The molecule has 2 atom stereocenters. The van der Waals surface area contributed by atoms with Crippen LogP contribution < -0.4 is 29.6 Å². The van der Waals surface area contributed by atoms with Crippen LogP contribution in [0.5, 0.6) is 23.0 Å². The molecular formula is C49H54N2O10. The number of carbonyl (C=O) groups is 4. The van der Waals surface area contributed by atoms with E-state index in [9.17, 15) is 29.4 Å². The highest BCUT2D eigenvalue weighted by atomic mass is 16.5. The Labute approximate surface area is 356 Å². The standard InChI is InChI=1S/C49H54N2O10/c1-7-31(5)28-59-43-24-34(14-19-39(43)47(53)51-40-20-16-36(48(54)55)26-44(40)60-29-33-12-10-9-11-13-33)38-18-15-35(25-42(38)58-23-22-30(3)4)46(52)50-41-21-17-37(49(56)57)27-45(41)61-32(6)8-2/h9-21,24-27,30-32H,7-8,22-23,28-29H2,1-6H3,(H,50,52)(H,51,53)(H,54,55)(H,56,57). The number of aromatic carboxylic acids is 2. The minimum absolute atomic E-state index is 0.00711. The van der Waals surface area contributed by atoms with Gasteiger partial charge in [-0.2, -0.15) is 0 Å². The van der Waals surface area contributed by atoms with Crippen LogP contribution in [0, 0.1) is 11.8 Å². The van der Waals surface area contributed by atoms with E-state index in [0.29, 0.717) is 59.4 Å². The third kappa shape index (κ3) is 12.6. The number of ether oxygens (including phenoxy) is 4. The maximum absolute atomic E-state index is 14.1. The summed E-state index contributed by atoms with van der Waals surface area (Å²) in [6.45, 7) is 13.0. The van der Waals surface area contributed by atoms with Crippen LogP contribution >= 0.6 is 0 Å². The average Bonchev–Trinajstić information content (AvgIpc) is 3.25. The summed E-state index contributed by atoms with van der Waals surface area (Å²) in [6, 6.07) is 28.3. The Morgan fingerprint density at radius 2 is 1.23 bits per heavy atom. The van der Waals surface area contributed by atoms with Crippen LogP contribution in [0.15, 0.2) is 103 Å². The fraction of sp³-hybridized carbons (Fsp3) is 0.306. The van der Waals surface area contributed by atoms with Crippen molar-refractivity contribution in [1.82, 2.24) is 0 Å². The van der Waals surface area contributed by atoms with E-state index in [-0.39, 0.29) is 52.5 Å². The van der Waals surface area contributed by atoms with Crippen molar-refractivity contribution in [3.05, 3.63) is 131 Å². The minimum atomic E-state index is -1.13. The van der Waals surface area contributed by atoms with Crippen LogP contribution in [0.25, 0.3) is 11.1 Å². The van der Waals surface area contributed by atoms with Crippen LogP contribution in [0.1, 0.15) is 108 Å². The van der Waals surface area contributed by atoms with Gasteiger partial charge in [0.25, 0.3) is 11.8 Å². The van der Waals surface area contributed by atoms with Gasteiger partial charge in [0.05, 0.1) is 47.4 Å². The first-order valence-corrected chi connectivity index (χ1v) is 20.5. The number of rotatable bonds is 21. The Hall–Kier alpha value is -6.82. The third-order valence-corrected chi connectivity index (χ3v) is 10.0. The van der Waals surface area contributed by atoms with Crippen molar-refractivity contribution < 1.29 is 48.3 Å². The van der Waals surface area contributed by atoms with Gasteiger partial charge in [0.15, 0.2) is 0 Å². The minimum Gasteiger partial charge on any atom is -0.493 e. The monoisotopic (exact) mass is 830 g/mol. The van der Waals surface area contributed by atoms with E-state index in [1.807, 2.05) is 51.1 Å². The quantitative estimate of drug-likeness (QED) is 0.0558. The summed E-state index contributed by atoms with van der Waals surface area (Å²) in [4.78, 5) is 51.4. The summed E-state index contributed by atoms with van der Waals surface area (Å²) in [5.74, 6) is -1.45. The van der Waals surface area contributed by atoms with E-state index >= 15 is 0 Å². The van der Waals surface area contributed by atoms with E-state index in [4.69, 9.17) is 18.9 Å². The van der Waals surface area contributed by atoms with E-state index in [0.717, 1.165) is 18.4 Å². The highest BCUT2D eigenvalue weighted by molar-refractivity contribution is 6.08. The normalized spacial score (nSPS) is 11.9. The Balaban J connectivity index is 1.49. The Bertz CT molecular complexity index is 2320. The molecule has 5 rings (SSSR count). The Morgan fingerprint density at radius 1 is 0.607 bits per heavy atom. The molecule has 0 heterocycles. The lowest BCUT2D eigenvalue weighted by molar-refractivity contribution is 0.0685. The molecule has 12 heteroatoms. The van der Waals surface area contributed by atoms with Gasteiger partial charge in [0.2, 0.25) is 0 Å². The van der Waals surface area contributed by atoms with Gasteiger partial charge in [-0.15, -0.1) is 0 Å². The zero-order valence-corrected chi connectivity index (χ0v) is 35.5. The van der Waals surface area contributed by atoms with Crippen molar-refractivity contribution in [2.45, 2.75) is 73.5 Å². The number of nitrogens with one attached hydrogen (secondary N) is 2. The molecular weight excluding hydrogens is 777 g/mol. The first-order chi connectivity index (χ1) is 29.3. The lowest BCUT2D eigenvalue weighted by Crippen LogP contribution is -2.17. The lowest BCUT2D eigenvalue weighted by atomic mass is 9.99. The number of carboxylic acids is 2. The topological polar surface area (TPSA) is 170 Å². The van der Waals surface area contributed by atoms with Gasteiger partial charge in [0.1, 0.15) is 29.6 Å². The highest BCUT2D eigenvalue weighted by Crippen LogP contribution is 2.37. The van der Waals surface area contributed by atoms with Crippen LogP contribution in [-0.4, -0.2) is 53.3 Å². The average molecular weight is 831 g/mol. The number of carbonyl (C=O) groups excluding carboxylic acids is 2. The molecule has 2 unspecified atom stereocenters. The van der Waals surface area contributed by atoms with E-state index < -0.39 is 23.8 Å². The smallest absolute Gasteiger partial charge is 0.335 e. The number of benzene rings is 5. The Morgan fingerprint density at radius 3 is 1.87 bits per heavy atom. The van der Waals surface area contributed by atoms with Crippen LogP contribution in [0.4, 0.5) is 11.4 Å². The molecule has 2 amide bonds. The van der Waals surface area contributed by atoms with E-state index in [1.165, 1.54) is 36.4 Å². The molecule has 0 saturated carbocycles. The predicted octanol–water partition coefficient (Wildman–Crippen LogP) is 10.9. The Kier molecular flexibility index (Phi) is 15.9. The van der Waals surface area contributed by atoms with Crippen LogP contribution in [0.3, 0.4) is 0 Å². The molecule has 0 spiro atoms. The number of hydrogen-bond donors (Lipinski definition) is 4. The summed E-state index contributed by atoms with van der Waals surface area (Å²) in [5, 5.41) is 25.0. The van der Waals surface area contributed by atoms with Gasteiger partial charge in [-0.25, -0.2) is 9.59 Å². The highest BCUT2D eigenvalue weighted by Gasteiger charge is 2.21. The molecule has 0 bridgehead atoms. The molecule has 5 aromatic carbocycles. The van der Waals surface area contributed by atoms with Gasteiger partial charge in [-0.1, -0.05) is 77.4 Å². The van der Waals surface area contributed by atoms with Crippen LogP contribution in [0.2, 0.25) is 0 Å². The van der Waals surface area contributed by atoms with Gasteiger partial charge < -0.3 is 39.8 Å². The summed E-state index contributed by atoms with van der Waals surface area (Å²) in [5.41, 5.74) is 3.39. The van der Waals surface area contributed by atoms with Crippen molar-refractivity contribution in [3.63, 3.8) is 0 Å². The molecule has 0 aliphatic carbocycles. The summed E-state index contributed by atoms with van der Waals surface area (Å²) >= 11 is 0. The number of anilines is 2. The molecule has 320 valence electrons. The summed E-state index contributed by atoms with van der Waals surface area (Å²) < 4.78 is 24.7. The lowest BCUT2D eigenvalue weighted by Gasteiger charge is -2.19. The zero-order valence-electron chi connectivity index (χ0n) is 35.5. The summed E-state index contributed by atoms with van der Waals surface area (Å²) in [6.07, 6.45) is 2.06. The second-order valence-electron chi connectivity index (χ2n) is 15.3. The van der Waals surface area contributed by atoms with Crippen LogP contribution in [-0.2, 0) is 6.61 Å². The summed E-state index contributed by atoms with van der Waals surface area (Å²) in [7, 11) is 0. The molecule has 0 fully saturated rings. The number of carboxylic acid groups (broad SMARTS) is 2. The fourth-order valence-electron chi connectivity index (χ4n) is 5.93. The second kappa shape index (κ2) is 21.4. The molecule has 5 aromatic rings. The number of hydrogen-bond acceptors (Lipinski definition) is 8. The third-order valence-electron chi connectivity index (χ3n) is 10.0. The number of amides is 2. The van der Waals surface area contributed by atoms with Gasteiger partial charge in [-0.05, 0) is 109 Å². The first-order valence-electron chi connectivity index (χ1n) is 20.5. The molecule has 12 nitrogen and oxygen atoms in total. The predicted molar refractivity (Wildman–Crippen MR) is 236 cm³/mol. The van der Waals surface area contributed by atoms with Gasteiger partial charge in [-0.3, -0.25) is 9.59 Å². The van der Waals surface area contributed by atoms with E-state index in [2.05, 4.69) is 31.4 Å². The van der Waals surface area contributed by atoms with Crippen molar-refractivity contribution in [3.8, 4) is 34.1 Å². The molecule has 61 heavy (non-hydrogen) atoms. The van der Waals surface area contributed by atoms with E-state index in [1.54, 1.807) is 36.4 Å². The van der Waals surface area contributed by atoms with Crippen molar-refractivity contribution in [2.24, 2.45) is 11.8 Å². The van der Waals surface area contributed by atoms with Crippen molar-refractivity contribution in [1.29, 1.82) is 0 Å². The first kappa shape index (κ1) is 45.3. The molecule has 0 aliphatic rings. The van der Waals surface area contributed by atoms with Gasteiger partial charge >= 0.3 is 11.9 Å². The maximum Gasteiger partial charge on any atom is 0.335 e. The SMILES string of the molecule is CCC(C)COc1cc(-c2ccc(C(=O)Nc3ccc(C(=O)O)cc3OC(C)CC)cc2OCCC(C)C)ccc1C(=O)Nc1ccc(C(=O)O)cc1OCc1ccccc1. The largest absolute Gasteiger partial charge is 0.493 e. The molecule has 4 N–H and O–H groups in total. The molecule has 0 radical (unpaired) electrons. The second-order valence-corrected chi connectivity index (χ2v) is 15.3. The maximum atomic E-state index is 14.1. The van der Waals surface area contributed by atoms with Crippen molar-refractivity contribution in [2.75, 3.05) is 23.8 Å². The van der Waals surface area contributed by atoms with Crippen molar-refractivity contribution >= 4 is 35.1 Å². The molecule has 0 aromatic heterocycles. The van der Waals surface area contributed by atoms with Gasteiger partial charge in [0, 0.05) is 11.1 Å². The molecule has 0 aliphatic heterocycles. The zero-order chi connectivity index (χ0) is 44.1. The molecule has 0 saturated heterocycles.